The molecule has 4 aromatic rings. The maximum atomic E-state index is 10.9. The Bertz CT molecular complexity index is 1180. The molecule has 0 aliphatic carbocycles. The highest BCUT2D eigenvalue weighted by molar-refractivity contribution is 7.98. The van der Waals surface area contributed by atoms with Gasteiger partial charge in [0.2, 0.25) is 11.7 Å². The van der Waals surface area contributed by atoms with Crippen LogP contribution < -0.4 is 5.32 Å². The summed E-state index contributed by atoms with van der Waals surface area (Å²) in [5.41, 5.74) is 1.35. The van der Waals surface area contributed by atoms with E-state index in [2.05, 4.69) is 25.4 Å². The molecule has 0 radical (unpaired) electrons. The van der Waals surface area contributed by atoms with E-state index in [1.165, 1.54) is 23.9 Å². The summed E-state index contributed by atoms with van der Waals surface area (Å²) in [5.74, 6) is 1.85. The summed E-state index contributed by atoms with van der Waals surface area (Å²) in [4.78, 5) is 24.0. The van der Waals surface area contributed by atoms with Gasteiger partial charge in [-0.15, -0.1) is 0 Å². The van der Waals surface area contributed by atoms with Crippen LogP contribution in [0.3, 0.4) is 0 Å². The Kier molecular flexibility index (Phi) is 5.34. The molecular weight excluding hydrogens is 392 g/mol. The second-order valence-corrected chi connectivity index (χ2v) is 6.95. The molecule has 146 valence electrons. The van der Waals surface area contributed by atoms with Crippen molar-refractivity contribution in [3.8, 4) is 11.4 Å². The van der Waals surface area contributed by atoms with Crippen molar-refractivity contribution in [2.24, 2.45) is 0 Å². The molecule has 0 aliphatic rings. The number of para-hydroxylation sites is 1. The van der Waals surface area contributed by atoms with Gasteiger partial charge in [0.15, 0.2) is 5.16 Å². The number of nitro benzene ring substituents is 1. The summed E-state index contributed by atoms with van der Waals surface area (Å²) in [7, 11) is 0. The van der Waals surface area contributed by atoms with Gasteiger partial charge in [0, 0.05) is 29.6 Å². The number of rotatable bonds is 7. The molecule has 4 rings (SSSR count). The zero-order valence-electron chi connectivity index (χ0n) is 15.4. The van der Waals surface area contributed by atoms with Gasteiger partial charge in [-0.05, 0) is 19.1 Å². The fourth-order valence-electron chi connectivity index (χ4n) is 2.74. The smallest absolute Gasteiger partial charge is 0.270 e. The molecule has 0 bridgehead atoms. The van der Waals surface area contributed by atoms with E-state index in [4.69, 9.17) is 4.52 Å². The number of nitrogens with one attached hydrogen (secondary N) is 1. The Hall–Kier alpha value is -3.53. The molecule has 0 atom stereocenters. The molecule has 29 heavy (non-hydrogen) atoms. The molecule has 1 N–H and O–H groups in total. The topological polar surface area (TPSA) is 120 Å². The standard InChI is InChI=1S/C19H16N6O3S/c1-2-20-18-14-8-3-4-9-15(14)21-19(23-18)29-11-16-22-17(24-28-16)12-6-5-7-13(10-12)25(26)27/h3-10H,2,11H2,1H3,(H,20,21,23). The predicted molar refractivity (Wildman–Crippen MR) is 110 cm³/mol. The Balaban J connectivity index is 1.53. The number of nitro groups is 1. The zero-order chi connectivity index (χ0) is 20.2. The van der Waals surface area contributed by atoms with Gasteiger partial charge in [0.1, 0.15) is 5.82 Å². The molecule has 0 amide bonds. The highest BCUT2D eigenvalue weighted by atomic mass is 32.2. The lowest BCUT2D eigenvalue weighted by Gasteiger charge is -2.08. The SMILES string of the molecule is CCNc1nc(SCc2nc(-c3cccc([N+](=O)[O-])c3)no2)nc2ccccc12. The van der Waals surface area contributed by atoms with Crippen molar-refractivity contribution in [3.63, 3.8) is 0 Å². The molecule has 0 saturated heterocycles. The zero-order valence-corrected chi connectivity index (χ0v) is 16.2. The first-order valence-electron chi connectivity index (χ1n) is 8.85. The van der Waals surface area contributed by atoms with Gasteiger partial charge < -0.3 is 9.84 Å². The number of hydrogen-bond donors (Lipinski definition) is 1. The van der Waals surface area contributed by atoms with Crippen LogP contribution in [-0.2, 0) is 5.75 Å². The number of anilines is 1. The van der Waals surface area contributed by atoms with E-state index in [1.54, 1.807) is 12.1 Å². The lowest BCUT2D eigenvalue weighted by molar-refractivity contribution is -0.384. The molecule has 10 heteroatoms. The second kappa shape index (κ2) is 8.23. The third-order valence-corrected chi connectivity index (χ3v) is 4.87. The first-order chi connectivity index (χ1) is 14.1. The first kappa shape index (κ1) is 18.8. The molecule has 0 aliphatic heterocycles. The summed E-state index contributed by atoms with van der Waals surface area (Å²) < 4.78 is 5.28. The fraction of sp³-hybridized carbons (Fsp3) is 0.158. The average Bonchev–Trinajstić information content (AvgIpc) is 3.22. The molecule has 0 spiro atoms. The molecule has 0 saturated carbocycles. The van der Waals surface area contributed by atoms with Gasteiger partial charge in [0.25, 0.3) is 5.69 Å². The molecule has 2 heterocycles. The van der Waals surface area contributed by atoms with Crippen molar-refractivity contribution in [1.29, 1.82) is 0 Å². The fourth-order valence-corrected chi connectivity index (χ4v) is 3.43. The Morgan fingerprint density at radius 1 is 1.14 bits per heavy atom. The monoisotopic (exact) mass is 408 g/mol. The van der Waals surface area contributed by atoms with Crippen molar-refractivity contribution in [2.45, 2.75) is 17.8 Å². The quantitative estimate of drug-likeness (QED) is 0.206. The van der Waals surface area contributed by atoms with Crippen LogP contribution in [0.5, 0.6) is 0 Å². The number of thioether (sulfide) groups is 1. The first-order valence-corrected chi connectivity index (χ1v) is 9.83. The van der Waals surface area contributed by atoms with Crippen molar-refractivity contribution in [3.05, 3.63) is 64.5 Å². The van der Waals surface area contributed by atoms with Gasteiger partial charge in [0.05, 0.1) is 16.2 Å². The number of aromatic nitrogens is 4. The summed E-state index contributed by atoms with van der Waals surface area (Å²) >= 11 is 1.38. The molecule has 9 nitrogen and oxygen atoms in total. The van der Waals surface area contributed by atoms with E-state index in [0.29, 0.717) is 28.2 Å². The van der Waals surface area contributed by atoms with E-state index in [9.17, 15) is 10.1 Å². The maximum Gasteiger partial charge on any atom is 0.270 e. The molecular formula is C19H16N6O3S. The van der Waals surface area contributed by atoms with Crippen molar-refractivity contribution < 1.29 is 9.45 Å². The predicted octanol–water partition coefficient (Wildman–Crippen LogP) is 4.31. The van der Waals surface area contributed by atoms with Crippen LogP contribution in [0.25, 0.3) is 22.3 Å². The summed E-state index contributed by atoms with van der Waals surface area (Å²) in [6.07, 6.45) is 0. The van der Waals surface area contributed by atoms with Gasteiger partial charge in [-0.3, -0.25) is 10.1 Å². The van der Waals surface area contributed by atoms with Crippen LogP contribution in [0.15, 0.2) is 58.2 Å². The molecule has 2 aromatic heterocycles. The van der Waals surface area contributed by atoms with Crippen LogP contribution in [0.1, 0.15) is 12.8 Å². The van der Waals surface area contributed by atoms with Crippen LogP contribution >= 0.6 is 11.8 Å². The number of benzene rings is 2. The minimum atomic E-state index is -0.459. The van der Waals surface area contributed by atoms with Gasteiger partial charge in [-0.2, -0.15) is 4.98 Å². The Morgan fingerprint density at radius 3 is 2.83 bits per heavy atom. The van der Waals surface area contributed by atoms with Crippen molar-refractivity contribution in [1.82, 2.24) is 20.1 Å². The number of nitrogens with zero attached hydrogens (tertiary/aromatic N) is 5. The number of non-ortho nitro benzene ring substituents is 1. The Morgan fingerprint density at radius 2 is 2.00 bits per heavy atom. The third-order valence-electron chi connectivity index (χ3n) is 4.03. The Labute approximate surface area is 169 Å². The third kappa shape index (κ3) is 4.16. The summed E-state index contributed by atoms with van der Waals surface area (Å²) in [5, 5.41) is 19.7. The van der Waals surface area contributed by atoms with Crippen LogP contribution in [-0.4, -0.2) is 31.6 Å². The normalized spacial score (nSPS) is 10.9. The number of fused-ring (bicyclic) bond motifs is 1. The largest absolute Gasteiger partial charge is 0.370 e. The lowest BCUT2D eigenvalue weighted by Crippen LogP contribution is -2.02. The average molecular weight is 408 g/mol. The minimum Gasteiger partial charge on any atom is -0.370 e. The lowest BCUT2D eigenvalue weighted by atomic mass is 10.2. The van der Waals surface area contributed by atoms with Crippen LogP contribution in [0, 0.1) is 10.1 Å². The van der Waals surface area contributed by atoms with Crippen LogP contribution in [0.2, 0.25) is 0 Å². The van der Waals surface area contributed by atoms with E-state index >= 15 is 0 Å². The van der Waals surface area contributed by atoms with E-state index in [1.807, 2.05) is 31.2 Å². The van der Waals surface area contributed by atoms with Gasteiger partial charge >= 0.3 is 0 Å². The molecule has 0 fully saturated rings. The van der Waals surface area contributed by atoms with E-state index < -0.39 is 4.92 Å². The van der Waals surface area contributed by atoms with Crippen molar-refractivity contribution in [2.75, 3.05) is 11.9 Å². The van der Waals surface area contributed by atoms with Crippen molar-refractivity contribution >= 4 is 34.2 Å². The highest BCUT2D eigenvalue weighted by Crippen LogP contribution is 2.27. The second-order valence-electron chi connectivity index (χ2n) is 6.01. The van der Waals surface area contributed by atoms with Gasteiger partial charge in [-0.25, -0.2) is 9.97 Å². The summed E-state index contributed by atoms with van der Waals surface area (Å²) in [6.45, 7) is 2.76. The molecule has 2 aromatic carbocycles. The number of hydrogen-bond acceptors (Lipinski definition) is 9. The highest BCUT2D eigenvalue weighted by Gasteiger charge is 2.14. The van der Waals surface area contributed by atoms with Crippen LogP contribution in [0.4, 0.5) is 11.5 Å². The minimum absolute atomic E-state index is 0.0243. The maximum absolute atomic E-state index is 10.9. The van der Waals surface area contributed by atoms with E-state index in [-0.39, 0.29) is 5.69 Å². The van der Waals surface area contributed by atoms with E-state index in [0.717, 1.165) is 23.3 Å². The summed E-state index contributed by atoms with van der Waals surface area (Å²) in [6, 6.07) is 13.9. The van der Waals surface area contributed by atoms with Gasteiger partial charge in [-0.1, -0.05) is 41.2 Å². The molecule has 0 unspecified atom stereocenters.